The molecule has 0 atom stereocenters. The first kappa shape index (κ1) is 18.8. The van der Waals surface area contributed by atoms with Crippen molar-refractivity contribution in [3.8, 4) is 11.5 Å². The molecule has 0 bridgehead atoms. The zero-order chi connectivity index (χ0) is 19.9. The van der Waals surface area contributed by atoms with Crippen LogP contribution in [0.1, 0.15) is 15.9 Å². The van der Waals surface area contributed by atoms with Gasteiger partial charge in [-0.05, 0) is 54.6 Å². The number of phenols is 1. The Balaban J connectivity index is 1.83. The smallest absolute Gasteiger partial charge is 0.337 e. The molecule has 0 unspecified atom stereocenters. The van der Waals surface area contributed by atoms with Gasteiger partial charge in [0.05, 0.1) is 24.0 Å². The first-order valence-electron chi connectivity index (χ1n) is 8.32. The number of aromatic carboxylic acids is 1. The molecule has 3 aromatic rings. The van der Waals surface area contributed by atoms with Crippen molar-refractivity contribution in [2.75, 3.05) is 7.11 Å². The Kier molecular flexibility index (Phi) is 5.76. The molecule has 0 radical (unpaired) electrons. The normalized spacial score (nSPS) is 11.2. The molecule has 2 N–H and O–H groups in total. The zero-order valence-electron chi connectivity index (χ0n) is 15.0. The minimum absolute atomic E-state index is 0.0437. The molecule has 3 aromatic carbocycles. The van der Waals surface area contributed by atoms with Gasteiger partial charge in [-0.25, -0.2) is 4.79 Å². The van der Waals surface area contributed by atoms with E-state index in [-0.39, 0.29) is 17.0 Å². The van der Waals surface area contributed by atoms with E-state index in [0.717, 1.165) is 5.75 Å². The predicted molar refractivity (Wildman–Crippen MR) is 106 cm³/mol. The van der Waals surface area contributed by atoms with Gasteiger partial charge in [0.2, 0.25) is 0 Å². The number of nitrogens with zero attached hydrogens (tertiary/aromatic N) is 3. The number of hydrogen-bond donors (Lipinski definition) is 2. The first-order chi connectivity index (χ1) is 13.6. The van der Waals surface area contributed by atoms with Gasteiger partial charge in [0, 0.05) is 11.8 Å². The summed E-state index contributed by atoms with van der Waals surface area (Å²) in [5.41, 5.74) is 1.92. The van der Waals surface area contributed by atoms with Crippen molar-refractivity contribution in [1.82, 2.24) is 0 Å². The number of carboxylic acids is 1. The number of benzene rings is 3. The van der Waals surface area contributed by atoms with E-state index >= 15 is 0 Å². The highest BCUT2D eigenvalue weighted by molar-refractivity contribution is 5.93. The van der Waals surface area contributed by atoms with Crippen LogP contribution in [0.15, 0.2) is 82.0 Å². The second kappa shape index (κ2) is 8.59. The van der Waals surface area contributed by atoms with Crippen molar-refractivity contribution in [1.29, 1.82) is 0 Å². The van der Waals surface area contributed by atoms with Crippen LogP contribution in [0.5, 0.6) is 11.5 Å². The van der Waals surface area contributed by atoms with Crippen LogP contribution in [0.2, 0.25) is 0 Å². The lowest BCUT2D eigenvalue weighted by Crippen LogP contribution is -1.95. The number of aliphatic imine (C=N–C) groups is 1. The summed E-state index contributed by atoms with van der Waals surface area (Å²) in [6.07, 6.45) is 1.52. The van der Waals surface area contributed by atoms with Gasteiger partial charge < -0.3 is 14.9 Å². The molecule has 0 aromatic heterocycles. The van der Waals surface area contributed by atoms with Gasteiger partial charge in [0.25, 0.3) is 0 Å². The van der Waals surface area contributed by atoms with E-state index in [1.54, 1.807) is 61.7 Å². The molecule has 0 aliphatic rings. The molecule has 0 saturated carbocycles. The lowest BCUT2D eigenvalue weighted by atomic mass is 10.2. The molecule has 28 heavy (non-hydrogen) atoms. The fourth-order valence-corrected chi connectivity index (χ4v) is 2.37. The monoisotopic (exact) mass is 375 g/mol. The summed E-state index contributed by atoms with van der Waals surface area (Å²) in [6, 6.07) is 18.2. The van der Waals surface area contributed by atoms with Crippen LogP contribution >= 0.6 is 0 Å². The summed E-state index contributed by atoms with van der Waals surface area (Å²) in [6.45, 7) is 0. The largest absolute Gasteiger partial charge is 0.507 e. The highest BCUT2D eigenvalue weighted by Gasteiger charge is 2.08. The number of rotatable bonds is 6. The van der Waals surface area contributed by atoms with Gasteiger partial charge in [0.15, 0.2) is 0 Å². The van der Waals surface area contributed by atoms with E-state index in [4.69, 9.17) is 4.74 Å². The van der Waals surface area contributed by atoms with E-state index < -0.39 is 5.97 Å². The molecule has 140 valence electrons. The van der Waals surface area contributed by atoms with Gasteiger partial charge in [0.1, 0.15) is 17.2 Å². The Labute approximate surface area is 161 Å². The van der Waals surface area contributed by atoms with E-state index in [0.29, 0.717) is 16.9 Å². The van der Waals surface area contributed by atoms with Gasteiger partial charge in [-0.1, -0.05) is 12.1 Å². The number of azo groups is 1. The van der Waals surface area contributed by atoms with Crippen molar-refractivity contribution in [3.05, 3.63) is 77.9 Å². The number of aromatic hydroxyl groups is 1. The maximum Gasteiger partial charge on any atom is 0.337 e. The molecular formula is C21H17N3O4. The average molecular weight is 375 g/mol. The topological polar surface area (TPSA) is 104 Å². The van der Waals surface area contributed by atoms with Crippen LogP contribution in [-0.4, -0.2) is 29.5 Å². The minimum Gasteiger partial charge on any atom is -0.507 e. The standard InChI is InChI=1S/C21H17N3O4/c1-28-17-9-6-15(7-10-17)22-13-14-12-16(8-11-20(14)25)23-24-19-5-3-2-4-18(19)21(26)27/h2-13,25H,1H3,(H,26,27). The second-order valence-electron chi connectivity index (χ2n) is 5.72. The fourth-order valence-electron chi connectivity index (χ4n) is 2.37. The zero-order valence-corrected chi connectivity index (χ0v) is 15.0. The lowest BCUT2D eigenvalue weighted by molar-refractivity contribution is 0.0697. The molecule has 3 rings (SSSR count). The lowest BCUT2D eigenvalue weighted by Gasteiger charge is -2.02. The van der Waals surface area contributed by atoms with Crippen molar-refractivity contribution in [3.63, 3.8) is 0 Å². The van der Waals surface area contributed by atoms with E-state index in [1.807, 2.05) is 0 Å². The molecule has 0 fully saturated rings. The summed E-state index contributed by atoms with van der Waals surface area (Å²) in [5.74, 6) is -0.305. The molecule has 0 amide bonds. The van der Waals surface area contributed by atoms with Crippen LogP contribution < -0.4 is 4.74 Å². The Morgan fingerprint density at radius 2 is 1.68 bits per heavy atom. The molecule has 0 saturated heterocycles. The molecule has 0 heterocycles. The maximum absolute atomic E-state index is 11.2. The van der Waals surface area contributed by atoms with Crippen LogP contribution in [0.4, 0.5) is 17.1 Å². The summed E-state index contributed by atoms with van der Waals surface area (Å²) in [5, 5.41) is 27.3. The van der Waals surface area contributed by atoms with Gasteiger partial charge >= 0.3 is 5.97 Å². The van der Waals surface area contributed by atoms with Gasteiger partial charge in [-0.3, -0.25) is 4.99 Å². The fraction of sp³-hybridized carbons (Fsp3) is 0.0476. The summed E-state index contributed by atoms with van der Waals surface area (Å²) in [7, 11) is 1.59. The van der Waals surface area contributed by atoms with Crippen molar-refractivity contribution >= 4 is 29.2 Å². The van der Waals surface area contributed by atoms with E-state index in [2.05, 4.69) is 15.2 Å². The maximum atomic E-state index is 11.2. The summed E-state index contributed by atoms with van der Waals surface area (Å²) in [4.78, 5) is 15.6. The summed E-state index contributed by atoms with van der Waals surface area (Å²) >= 11 is 0. The van der Waals surface area contributed by atoms with Crippen LogP contribution in [0, 0.1) is 0 Å². The average Bonchev–Trinajstić information content (AvgIpc) is 2.72. The van der Waals surface area contributed by atoms with Crippen molar-refractivity contribution < 1.29 is 19.7 Å². The third-order valence-corrected chi connectivity index (χ3v) is 3.84. The van der Waals surface area contributed by atoms with Crippen LogP contribution in [-0.2, 0) is 0 Å². The number of carboxylic acid groups (broad SMARTS) is 1. The third-order valence-electron chi connectivity index (χ3n) is 3.84. The molecule has 0 aliphatic heterocycles. The molecular weight excluding hydrogens is 358 g/mol. The molecule has 7 nitrogen and oxygen atoms in total. The number of ether oxygens (including phenoxy) is 1. The van der Waals surface area contributed by atoms with E-state index in [9.17, 15) is 15.0 Å². The second-order valence-corrected chi connectivity index (χ2v) is 5.72. The predicted octanol–water partition coefficient (Wildman–Crippen LogP) is 5.27. The number of carbonyl (C=O) groups is 1. The van der Waals surface area contributed by atoms with E-state index in [1.165, 1.54) is 18.3 Å². The first-order valence-corrected chi connectivity index (χ1v) is 8.32. The highest BCUT2D eigenvalue weighted by Crippen LogP contribution is 2.26. The minimum atomic E-state index is -1.08. The van der Waals surface area contributed by atoms with Crippen molar-refractivity contribution in [2.24, 2.45) is 15.2 Å². The Morgan fingerprint density at radius 1 is 0.964 bits per heavy atom. The Hall–Kier alpha value is -4.00. The van der Waals surface area contributed by atoms with Crippen LogP contribution in [0.3, 0.4) is 0 Å². The highest BCUT2D eigenvalue weighted by atomic mass is 16.5. The third kappa shape index (κ3) is 4.59. The molecule has 7 heteroatoms. The quantitative estimate of drug-likeness (QED) is 0.452. The molecule has 0 spiro atoms. The number of phenolic OH excluding ortho intramolecular Hbond substituents is 1. The Bertz CT molecular complexity index is 1040. The van der Waals surface area contributed by atoms with Crippen molar-refractivity contribution in [2.45, 2.75) is 0 Å². The SMILES string of the molecule is COc1ccc(N=Cc2cc(N=Nc3ccccc3C(=O)O)ccc2O)cc1. The number of hydrogen-bond acceptors (Lipinski definition) is 6. The summed E-state index contributed by atoms with van der Waals surface area (Å²) < 4.78 is 5.10. The van der Waals surface area contributed by atoms with Gasteiger partial charge in [-0.15, -0.1) is 5.11 Å². The Morgan fingerprint density at radius 3 is 2.39 bits per heavy atom. The number of methoxy groups -OCH3 is 1. The molecule has 0 aliphatic carbocycles. The van der Waals surface area contributed by atoms with Gasteiger partial charge in [-0.2, -0.15) is 5.11 Å². The van der Waals surface area contributed by atoms with Crippen LogP contribution in [0.25, 0.3) is 0 Å².